The molecule has 0 aliphatic heterocycles. The van der Waals surface area contributed by atoms with E-state index in [-0.39, 0.29) is 6.61 Å². The van der Waals surface area contributed by atoms with Crippen molar-refractivity contribution >= 4 is 5.69 Å². The maximum Gasteiger partial charge on any atom is 0.0681 e. The molecule has 0 radical (unpaired) electrons. The zero-order valence-electron chi connectivity index (χ0n) is 9.87. The normalized spacial score (nSPS) is 10.2. The van der Waals surface area contributed by atoms with Crippen LogP contribution in [0.15, 0.2) is 48.7 Å². The van der Waals surface area contributed by atoms with Crippen LogP contribution in [-0.2, 0) is 13.2 Å². The van der Waals surface area contributed by atoms with Crippen LogP contribution in [0.25, 0.3) is 0 Å². The highest BCUT2D eigenvalue weighted by Crippen LogP contribution is 2.15. The zero-order valence-corrected chi connectivity index (χ0v) is 9.87. The molecule has 0 amide bonds. The van der Waals surface area contributed by atoms with Crippen LogP contribution in [-0.4, -0.2) is 17.1 Å². The van der Waals surface area contributed by atoms with Gasteiger partial charge in [0.05, 0.1) is 18.8 Å². The predicted molar refractivity (Wildman–Crippen MR) is 68.7 cm³/mol. The molecule has 88 valence electrons. The van der Waals surface area contributed by atoms with Gasteiger partial charge in [-0.05, 0) is 29.8 Å². The average Bonchev–Trinajstić information content (AvgIpc) is 2.40. The van der Waals surface area contributed by atoms with Gasteiger partial charge in [0.2, 0.25) is 0 Å². The first-order chi connectivity index (χ1) is 8.29. The molecule has 0 spiro atoms. The number of rotatable bonds is 4. The largest absolute Gasteiger partial charge is 0.392 e. The fraction of sp³-hybridized carbons (Fsp3) is 0.214. The van der Waals surface area contributed by atoms with Gasteiger partial charge in [-0.2, -0.15) is 0 Å². The van der Waals surface area contributed by atoms with Crippen molar-refractivity contribution in [1.82, 2.24) is 4.98 Å². The van der Waals surface area contributed by atoms with Gasteiger partial charge in [-0.3, -0.25) is 4.98 Å². The van der Waals surface area contributed by atoms with Gasteiger partial charge in [0.15, 0.2) is 0 Å². The summed E-state index contributed by atoms with van der Waals surface area (Å²) in [6, 6.07) is 13.8. The van der Waals surface area contributed by atoms with E-state index in [4.69, 9.17) is 5.11 Å². The van der Waals surface area contributed by atoms with Crippen molar-refractivity contribution in [3.63, 3.8) is 0 Å². The maximum absolute atomic E-state index is 8.98. The van der Waals surface area contributed by atoms with Crippen LogP contribution in [0, 0.1) is 0 Å². The second-order valence-electron chi connectivity index (χ2n) is 4.00. The molecule has 0 aliphatic rings. The summed E-state index contributed by atoms with van der Waals surface area (Å²) in [5, 5.41) is 8.98. The highest BCUT2D eigenvalue weighted by atomic mass is 16.3. The summed E-state index contributed by atoms with van der Waals surface area (Å²) >= 11 is 0. The van der Waals surface area contributed by atoms with Crippen molar-refractivity contribution in [2.24, 2.45) is 0 Å². The van der Waals surface area contributed by atoms with E-state index in [0.717, 1.165) is 23.5 Å². The Morgan fingerprint density at radius 2 is 1.88 bits per heavy atom. The van der Waals surface area contributed by atoms with Gasteiger partial charge in [0, 0.05) is 18.9 Å². The highest BCUT2D eigenvalue weighted by molar-refractivity contribution is 5.47. The molecule has 0 saturated heterocycles. The molecular weight excluding hydrogens is 212 g/mol. The number of nitrogens with zero attached hydrogens (tertiary/aromatic N) is 2. The number of hydrogen-bond donors (Lipinski definition) is 1. The summed E-state index contributed by atoms with van der Waals surface area (Å²) in [5.74, 6) is 0. The number of benzene rings is 1. The van der Waals surface area contributed by atoms with Crippen LogP contribution in [0.2, 0.25) is 0 Å². The van der Waals surface area contributed by atoms with Crippen LogP contribution in [0.3, 0.4) is 0 Å². The minimum absolute atomic E-state index is 0.0875. The van der Waals surface area contributed by atoms with Crippen molar-refractivity contribution in [3.8, 4) is 0 Å². The van der Waals surface area contributed by atoms with E-state index < -0.39 is 0 Å². The molecule has 1 aromatic heterocycles. The zero-order chi connectivity index (χ0) is 12.1. The summed E-state index contributed by atoms with van der Waals surface area (Å²) in [7, 11) is 2.03. The Bertz CT molecular complexity index is 453. The quantitative estimate of drug-likeness (QED) is 0.871. The number of aliphatic hydroxyl groups excluding tert-OH is 1. The molecule has 0 saturated carbocycles. The molecule has 1 N–H and O–H groups in total. The number of aromatic nitrogens is 1. The summed E-state index contributed by atoms with van der Waals surface area (Å²) in [5.41, 5.74) is 3.09. The first-order valence-electron chi connectivity index (χ1n) is 5.60. The smallest absolute Gasteiger partial charge is 0.0681 e. The van der Waals surface area contributed by atoms with E-state index in [1.807, 2.05) is 49.5 Å². The molecule has 0 unspecified atom stereocenters. The second kappa shape index (κ2) is 5.46. The molecule has 17 heavy (non-hydrogen) atoms. The minimum atomic E-state index is 0.0875. The highest BCUT2D eigenvalue weighted by Gasteiger charge is 2.02. The Balaban J connectivity index is 2.06. The van der Waals surface area contributed by atoms with Crippen LogP contribution >= 0.6 is 0 Å². The molecule has 0 bridgehead atoms. The van der Waals surface area contributed by atoms with Gasteiger partial charge in [-0.25, -0.2) is 0 Å². The van der Waals surface area contributed by atoms with Gasteiger partial charge < -0.3 is 10.0 Å². The molecule has 1 aromatic carbocycles. The van der Waals surface area contributed by atoms with Crippen LogP contribution in [0.4, 0.5) is 5.69 Å². The standard InChI is InChI=1S/C14H16N2O/c1-16(10-13-4-2-3-9-15-13)14-7-5-12(11-17)6-8-14/h2-9,17H,10-11H2,1H3. The van der Waals surface area contributed by atoms with Crippen LogP contribution < -0.4 is 4.90 Å². The first-order valence-corrected chi connectivity index (χ1v) is 5.60. The molecule has 0 fully saturated rings. The SMILES string of the molecule is CN(Cc1ccccn1)c1ccc(CO)cc1. The fourth-order valence-electron chi connectivity index (χ4n) is 1.68. The molecule has 0 atom stereocenters. The van der Waals surface area contributed by atoms with E-state index in [1.165, 1.54) is 0 Å². The van der Waals surface area contributed by atoms with Crippen molar-refractivity contribution < 1.29 is 5.11 Å². The molecule has 3 heteroatoms. The Hall–Kier alpha value is -1.87. The lowest BCUT2D eigenvalue weighted by atomic mass is 10.2. The van der Waals surface area contributed by atoms with Gasteiger partial charge in [0.1, 0.15) is 0 Å². The molecule has 3 nitrogen and oxygen atoms in total. The second-order valence-corrected chi connectivity index (χ2v) is 4.00. The van der Waals surface area contributed by atoms with Crippen LogP contribution in [0.5, 0.6) is 0 Å². The fourth-order valence-corrected chi connectivity index (χ4v) is 1.68. The Labute approximate surface area is 101 Å². The summed E-state index contributed by atoms with van der Waals surface area (Å²) in [4.78, 5) is 6.42. The molecular formula is C14H16N2O. The summed E-state index contributed by atoms with van der Waals surface area (Å²) in [6.07, 6.45) is 1.80. The lowest BCUT2D eigenvalue weighted by Crippen LogP contribution is -2.16. The van der Waals surface area contributed by atoms with E-state index in [2.05, 4.69) is 9.88 Å². The van der Waals surface area contributed by atoms with Gasteiger partial charge in [-0.1, -0.05) is 18.2 Å². The molecule has 2 aromatic rings. The Morgan fingerprint density at radius 3 is 2.47 bits per heavy atom. The third kappa shape index (κ3) is 3.04. The third-order valence-corrected chi connectivity index (χ3v) is 2.69. The van der Waals surface area contributed by atoms with Crippen molar-refractivity contribution in [3.05, 3.63) is 59.9 Å². The van der Waals surface area contributed by atoms with Gasteiger partial charge >= 0.3 is 0 Å². The summed E-state index contributed by atoms with van der Waals surface area (Å²) in [6.45, 7) is 0.865. The Morgan fingerprint density at radius 1 is 1.12 bits per heavy atom. The molecule has 1 heterocycles. The lowest BCUT2D eigenvalue weighted by molar-refractivity contribution is 0.282. The maximum atomic E-state index is 8.98. The van der Waals surface area contributed by atoms with Crippen molar-refractivity contribution in [1.29, 1.82) is 0 Å². The van der Waals surface area contributed by atoms with Crippen molar-refractivity contribution in [2.75, 3.05) is 11.9 Å². The van der Waals surface area contributed by atoms with Gasteiger partial charge in [-0.15, -0.1) is 0 Å². The summed E-state index contributed by atoms with van der Waals surface area (Å²) < 4.78 is 0. The van der Waals surface area contributed by atoms with Gasteiger partial charge in [0.25, 0.3) is 0 Å². The van der Waals surface area contributed by atoms with E-state index in [0.29, 0.717) is 0 Å². The molecule has 2 rings (SSSR count). The van der Waals surface area contributed by atoms with Crippen LogP contribution in [0.1, 0.15) is 11.3 Å². The van der Waals surface area contributed by atoms with E-state index in [9.17, 15) is 0 Å². The predicted octanol–water partition coefficient (Wildman–Crippen LogP) is 2.21. The minimum Gasteiger partial charge on any atom is -0.392 e. The number of hydrogen-bond acceptors (Lipinski definition) is 3. The number of aliphatic hydroxyl groups is 1. The van der Waals surface area contributed by atoms with E-state index in [1.54, 1.807) is 6.20 Å². The first kappa shape index (κ1) is 11.6. The average molecular weight is 228 g/mol. The van der Waals surface area contributed by atoms with E-state index >= 15 is 0 Å². The molecule has 0 aliphatic carbocycles. The number of pyridine rings is 1. The third-order valence-electron chi connectivity index (χ3n) is 2.69. The monoisotopic (exact) mass is 228 g/mol. The lowest BCUT2D eigenvalue weighted by Gasteiger charge is -2.19. The topological polar surface area (TPSA) is 36.4 Å². The number of anilines is 1. The van der Waals surface area contributed by atoms with Crippen molar-refractivity contribution in [2.45, 2.75) is 13.2 Å². The Kier molecular flexibility index (Phi) is 3.73.